The molecule has 1 aliphatic heterocycles. The zero-order valence-corrected chi connectivity index (χ0v) is 25.2. The average Bonchev–Trinajstić information content (AvgIpc) is 2.72. The fourth-order valence-electron chi connectivity index (χ4n) is 4.09. The van der Waals surface area contributed by atoms with Gasteiger partial charge >= 0.3 is 23.5 Å². The first-order valence-corrected chi connectivity index (χ1v) is 21.1. The van der Waals surface area contributed by atoms with Crippen LogP contribution in [0, 0.1) is 0 Å². The van der Waals surface area contributed by atoms with E-state index in [9.17, 15) is 13.2 Å². The molecule has 0 radical (unpaired) electrons. The van der Waals surface area contributed by atoms with Gasteiger partial charge in [-0.15, -0.1) is 0 Å². The molecule has 0 aliphatic carbocycles. The van der Waals surface area contributed by atoms with E-state index >= 15 is 0 Å². The van der Waals surface area contributed by atoms with Crippen molar-refractivity contribution in [3.8, 4) is 0 Å². The molecule has 0 spiro atoms. The van der Waals surface area contributed by atoms with Gasteiger partial charge in [-0.2, -0.15) is 13.2 Å². The molecule has 33 heavy (non-hydrogen) atoms. The minimum atomic E-state index is -4.17. The molecule has 7 nitrogen and oxygen atoms in total. The van der Waals surface area contributed by atoms with E-state index in [0.29, 0.717) is 25.7 Å². The Labute approximate surface area is 202 Å². The Hall–Kier alpha value is 0.378. The summed E-state index contributed by atoms with van der Waals surface area (Å²) in [7, 11) is -4.16. The van der Waals surface area contributed by atoms with Crippen LogP contribution in [0.15, 0.2) is 0 Å². The van der Waals surface area contributed by atoms with Crippen molar-refractivity contribution in [2.45, 2.75) is 82.1 Å². The second kappa shape index (κ2) is 14.8. The smallest absolute Gasteiger partial charge is 0.438 e. The van der Waals surface area contributed by atoms with Gasteiger partial charge in [-0.25, -0.2) is 0 Å². The number of hydrogen-bond acceptors (Lipinski definition) is 7. The van der Waals surface area contributed by atoms with Gasteiger partial charge < -0.3 is 30.7 Å². The van der Waals surface area contributed by atoms with Gasteiger partial charge in [0.05, 0.1) is 13.0 Å². The van der Waals surface area contributed by atoms with Crippen molar-refractivity contribution in [1.29, 1.82) is 0 Å². The zero-order chi connectivity index (χ0) is 25.0. The van der Waals surface area contributed by atoms with Gasteiger partial charge in [-0.05, 0) is 57.0 Å². The van der Waals surface area contributed by atoms with Gasteiger partial charge in [-0.3, -0.25) is 0 Å². The van der Waals surface area contributed by atoms with Crippen LogP contribution in [0.2, 0.25) is 43.8 Å². The molecule has 0 aromatic carbocycles. The maximum absolute atomic E-state index is 12.2. The molecule has 198 valence electrons. The van der Waals surface area contributed by atoms with Crippen molar-refractivity contribution in [1.82, 2.24) is 0 Å². The Kier molecular flexibility index (Phi) is 14.1. The highest BCUT2D eigenvalue weighted by Gasteiger charge is 2.42. The van der Waals surface area contributed by atoms with Crippen molar-refractivity contribution >= 4 is 35.0 Å². The van der Waals surface area contributed by atoms with Crippen LogP contribution >= 0.6 is 0 Å². The molecule has 0 aromatic heterocycles. The van der Waals surface area contributed by atoms with E-state index in [0.717, 1.165) is 37.4 Å². The second-order valence-corrected chi connectivity index (χ2v) is 22.0. The molecule has 0 amide bonds. The summed E-state index contributed by atoms with van der Waals surface area (Å²) in [4.78, 5) is 0. The summed E-state index contributed by atoms with van der Waals surface area (Å²) in [5, 5.41) is 0. The molecular formula is C19H43F3O7Si4. The predicted octanol–water partition coefficient (Wildman–Crippen LogP) is 4.95. The van der Waals surface area contributed by atoms with Crippen molar-refractivity contribution < 1.29 is 43.8 Å². The summed E-state index contributed by atoms with van der Waals surface area (Å²) < 4.78 is 77.9. The van der Waals surface area contributed by atoms with Gasteiger partial charge in [0.1, 0.15) is 0 Å². The molecule has 1 saturated heterocycles. The highest BCUT2D eigenvalue weighted by atomic mass is 28.5. The third-order valence-electron chi connectivity index (χ3n) is 5.94. The molecule has 3 unspecified atom stereocenters. The fraction of sp³-hybridized carbons (Fsp3) is 1.00. The summed E-state index contributed by atoms with van der Waals surface area (Å²) >= 11 is 0. The maximum atomic E-state index is 12.2. The largest absolute Gasteiger partial charge is 0.500 e. The lowest BCUT2D eigenvalue weighted by Gasteiger charge is -2.37. The van der Waals surface area contributed by atoms with Crippen molar-refractivity contribution in [2.75, 3.05) is 41.2 Å². The van der Waals surface area contributed by atoms with Crippen molar-refractivity contribution in [3.63, 3.8) is 0 Å². The molecule has 0 saturated carbocycles. The Morgan fingerprint density at radius 3 is 2.21 bits per heavy atom. The predicted molar refractivity (Wildman–Crippen MR) is 130 cm³/mol. The van der Waals surface area contributed by atoms with E-state index in [2.05, 4.69) is 19.6 Å². The van der Waals surface area contributed by atoms with Crippen LogP contribution in [0.25, 0.3) is 0 Å². The number of alkyl halides is 3. The maximum Gasteiger partial charge on any atom is 0.500 e. The molecular weight excluding hydrogens is 510 g/mol. The van der Waals surface area contributed by atoms with Crippen LogP contribution in [0.5, 0.6) is 0 Å². The lowest BCUT2D eigenvalue weighted by atomic mass is 10.4. The van der Waals surface area contributed by atoms with Crippen LogP contribution in [0.4, 0.5) is 13.2 Å². The van der Waals surface area contributed by atoms with Crippen LogP contribution in [-0.4, -0.2) is 82.3 Å². The SMILES string of the molecule is CO[Si](CCC[Si]1(C)OCCCC[Si](C)(CCCOCCC(F)(F)F)O[SiH](C)O1)(OC)OC. The van der Waals surface area contributed by atoms with Crippen LogP contribution in [0.3, 0.4) is 0 Å². The Morgan fingerprint density at radius 1 is 0.939 bits per heavy atom. The molecule has 0 bridgehead atoms. The summed E-state index contributed by atoms with van der Waals surface area (Å²) in [6, 6.07) is 3.37. The Bertz CT molecular complexity index is 538. The quantitative estimate of drug-likeness (QED) is 0.236. The number of ether oxygens (including phenoxy) is 1. The summed E-state index contributed by atoms with van der Waals surface area (Å²) in [5.41, 5.74) is 0. The van der Waals surface area contributed by atoms with E-state index < -0.39 is 47.6 Å². The summed E-state index contributed by atoms with van der Waals surface area (Å²) in [5.74, 6) is 0. The molecule has 3 atom stereocenters. The molecule has 0 N–H and O–H groups in total. The van der Waals surface area contributed by atoms with E-state index in [-0.39, 0.29) is 6.61 Å². The lowest BCUT2D eigenvalue weighted by Crippen LogP contribution is -2.50. The molecule has 1 heterocycles. The highest BCUT2D eigenvalue weighted by Crippen LogP contribution is 2.29. The van der Waals surface area contributed by atoms with E-state index in [1.165, 1.54) is 0 Å². The van der Waals surface area contributed by atoms with Crippen molar-refractivity contribution in [3.05, 3.63) is 0 Å². The normalized spacial score (nSPS) is 28.1. The number of halogens is 3. The molecule has 14 heteroatoms. The number of hydrogen-bond donors (Lipinski definition) is 0. The molecule has 0 aromatic rings. The average molecular weight is 553 g/mol. The van der Waals surface area contributed by atoms with E-state index in [1.54, 1.807) is 21.3 Å². The van der Waals surface area contributed by atoms with Gasteiger partial charge in [0.2, 0.25) is 0 Å². The molecule has 1 aliphatic rings. The van der Waals surface area contributed by atoms with E-state index in [4.69, 9.17) is 30.7 Å². The monoisotopic (exact) mass is 552 g/mol. The minimum absolute atomic E-state index is 0.280. The zero-order valence-electron chi connectivity index (χ0n) is 21.1. The molecule has 1 fully saturated rings. The van der Waals surface area contributed by atoms with Gasteiger partial charge in [0, 0.05) is 40.6 Å². The van der Waals surface area contributed by atoms with Gasteiger partial charge in [0.15, 0.2) is 8.32 Å². The van der Waals surface area contributed by atoms with Crippen LogP contribution < -0.4 is 0 Å². The minimum Gasteiger partial charge on any atom is -0.438 e. The van der Waals surface area contributed by atoms with Crippen LogP contribution in [-0.2, 0) is 30.7 Å². The first-order chi connectivity index (χ1) is 15.4. The highest BCUT2D eigenvalue weighted by molar-refractivity contribution is 6.81. The second-order valence-electron chi connectivity index (χ2n) is 8.92. The van der Waals surface area contributed by atoms with E-state index in [1.807, 2.05) is 0 Å². The van der Waals surface area contributed by atoms with Crippen LogP contribution in [0.1, 0.15) is 32.1 Å². The van der Waals surface area contributed by atoms with Gasteiger partial charge in [0.25, 0.3) is 9.28 Å². The first-order valence-electron chi connectivity index (χ1n) is 11.7. The lowest BCUT2D eigenvalue weighted by molar-refractivity contribution is -0.145. The Balaban J connectivity index is 2.58. The third kappa shape index (κ3) is 12.8. The topological polar surface area (TPSA) is 64.6 Å². The fourth-order valence-corrected chi connectivity index (χ4v) is 18.2. The number of rotatable bonds is 13. The third-order valence-corrected chi connectivity index (χ3v) is 20.6. The summed E-state index contributed by atoms with van der Waals surface area (Å²) in [6.45, 7) is 7.10. The standard InChI is InChI=1S/C19H43F3O7Si4/c1-23-33(24-2,25-3)18-10-17-32(6)27-13-7-8-15-31(5,28-30(4)29-32)16-9-12-26-14-11-19(20,21)22/h30H,7-18H2,1-6H3. The van der Waals surface area contributed by atoms with Crippen molar-refractivity contribution in [2.24, 2.45) is 0 Å². The first kappa shape index (κ1) is 31.4. The Morgan fingerprint density at radius 2 is 1.61 bits per heavy atom. The summed E-state index contributed by atoms with van der Waals surface area (Å²) in [6.07, 6.45) is -1.56. The van der Waals surface area contributed by atoms with Gasteiger partial charge in [-0.1, -0.05) is 6.42 Å². The molecule has 1 rings (SSSR count).